The quantitative estimate of drug-likeness (QED) is 0.502. The lowest BCUT2D eigenvalue weighted by Gasteiger charge is -2.08. The number of hydrogen-bond acceptors (Lipinski definition) is 7. The Morgan fingerprint density at radius 1 is 1.21 bits per heavy atom. The van der Waals surface area contributed by atoms with E-state index in [4.69, 9.17) is 0 Å². The highest BCUT2D eigenvalue weighted by atomic mass is 32.2. The summed E-state index contributed by atoms with van der Waals surface area (Å²) < 4.78 is 1.58. The fourth-order valence-corrected chi connectivity index (χ4v) is 4.43. The number of aryl methyl sites for hydroxylation is 3. The second-order valence-electron chi connectivity index (χ2n) is 6.41. The van der Waals surface area contributed by atoms with E-state index < -0.39 is 0 Å². The summed E-state index contributed by atoms with van der Waals surface area (Å²) in [5.74, 6) is 0.572. The molecule has 0 aliphatic carbocycles. The molecule has 1 amide bonds. The van der Waals surface area contributed by atoms with Crippen LogP contribution >= 0.6 is 23.1 Å². The summed E-state index contributed by atoms with van der Waals surface area (Å²) in [6.45, 7) is 6.25. The van der Waals surface area contributed by atoms with Crippen molar-refractivity contribution in [1.29, 1.82) is 0 Å². The van der Waals surface area contributed by atoms with Crippen molar-refractivity contribution in [3.63, 3.8) is 0 Å². The summed E-state index contributed by atoms with van der Waals surface area (Å²) in [5, 5.41) is 10.2. The Morgan fingerprint density at radius 3 is 2.75 bits per heavy atom. The lowest BCUT2D eigenvalue weighted by Crippen LogP contribution is -2.14. The van der Waals surface area contributed by atoms with Crippen molar-refractivity contribution in [2.45, 2.75) is 25.9 Å². The van der Waals surface area contributed by atoms with Gasteiger partial charge in [0.25, 0.3) is 5.78 Å². The summed E-state index contributed by atoms with van der Waals surface area (Å²) in [6, 6.07) is 6.07. The van der Waals surface area contributed by atoms with Crippen LogP contribution in [0.15, 0.2) is 41.1 Å². The molecule has 0 fully saturated rings. The molecule has 4 rings (SSSR count). The van der Waals surface area contributed by atoms with Crippen molar-refractivity contribution >= 4 is 39.9 Å². The monoisotopic (exact) mass is 410 g/mol. The van der Waals surface area contributed by atoms with Gasteiger partial charge in [-0.3, -0.25) is 4.79 Å². The number of rotatable bonds is 5. The Bertz CT molecular complexity index is 1110. The van der Waals surface area contributed by atoms with Crippen LogP contribution < -0.4 is 5.32 Å². The molecule has 7 nitrogen and oxygen atoms in total. The van der Waals surface area contributed by atoms with E-state index in [1.54, 1.807) is 23.0 Å². The van der Waals surface area contributed by atoms with Crippen LogP contribution in [0, 0.1) is 20.8 Å². The number of anilines is 1. The minimum atomic E-state index is -0.143. The minimum absolute atomic E-state index is 0.143. The Hall–Kier alpha value is -2.78. The smallest absolute Gasteiger partial charge is 0.253 e. The van der Waals surface area contributed by atoms with Crippen LogP contribution in [0.25, 0.3) is 17.0 Å². The van der Waals surface area contributed by atoms with Gasteiger partial charge in [0.1, 0.15) is 0 Å². The number of hydrogen-bond donors (Lipinski definition) is 1. The molecule has 0 radical (unpaired) electrons. The van der Waals surface area contributed by atoms with Crippen LogP contribution in [-0.4, -0.2) is 36.2 Å². The highest BCUT2D eigenvalue weighted by Gasteiger charge is 2.13. The van der Waals surface area contributed by atoms with Gasteiger partial charge < -0.3 is 5.32 Å². The number of aromatic nitrogens is 5. The van der Waals surface area contributed by atoms with Crippen LogP contribution in [0.2, 0.25) is 0 Å². The topological polar surface area (TPSA) is 85.1 Å². The van der Waals surface area contributed by atoms with Gasteiger partial charge in [-0.15, -0.1) is 16.4 Å². The van der Waals surface area contributed by atoms with Crippen LogP contribution in [0.4, 0.5) is 5.13 Å². The van der Waals surface area contributed by atoms with E-state index in [2.05, 4.69) is 58.3 Å². The first-order valence-electron chi connectivity index (χ1n) is 8.63. The Labute approximate surface area is 170 Å². The third kappa shape index (κ3) is 3.90. The summed E-state index contributed by atoms with van der Waals surface area (Å²) >= 11 is 2.69. The van der Waals surface area contributed by atoms with E-state index in [0.717, 1.165) is 11.3 Å². The molecule has 3 aromatic heterocycles. The number of carbonyl (C=O) groups is 1. The van der Waals surface area contributed by atoms with E-state index in [1.165, 1.54) is 39.8 Å². The van der Waals surface area contributed by atoms with Crippen molar-refractivity contribution in [3.05, 3.63) is 52.7 Å². The van der Waals surface area contributed by atoms with Gasteiger partial charge >= 0.3 is 0 Å². The van der Waals surface area contributed by atoms with Crippen LogP contribution in [0.5, 0.6) is 0 Å². The van der Waals surface area contributed by atoms with Gasteiger partial charge in [-0.05, 0) is 38.0 Å². The molecule has 0 atom stereocenters. The standard InChI is InChI=1S/C19H18N6OS2/c1-11-7-12(2)16(13(3)8-11)14-9-27-18(21-14)22-15(26)10-28-19-23-17-20-5-4-6-25(17)24-19/h4-9H,10H2,1-3H3,(H,21,22,26). The maximum Gasteiger partial charge on any atom is 0.253 e. The summed E-state index contributed by atoms with van der Waals surface area (Å²) in [5.41, 5.74) is 5.61. The van der Waals surface area contributed by atoms with Gasteiger partial charge in [0.2, 0.25) is 11.1 Å². The second-order valence-corrected chi connectivity index (χ2v) is 8.21. The minimum Gasteiger partial charge on any atom is -0.301 e. The number of thioether (sulfide) groups is 1. The summed E-state index contributed by atoms with van der Waals surface area (Å²) in [7, 11) is 0. The zero-order valence-electron chi connectivity index (χ0n) is 15.6. The molecule has 1 N–H and O–H groups in total. The molecule has 28 heavy (non-hydrogen) atoms. The van der Waals surface area contributed by atoms with Gasteiger partial charge in [0, 0.05) is 23.3 Å². The fourth-order valence-electron chi connectivity index (χ4n) is 3.09. The molecule has 3 heterocycles. The lowest BCUT2D eigenvalue weighted by atomic mass is 9.98. The molecule has 0 bridgehead atoms. The van der Waals surface area contributed by atoms with Crippen LogP contribution in [0.3, 0.4) is 0 Å². The van der Waals surface area contributed by atoms with E-state index in [0.29, 0.717) is 16.1 Å². The number of benzene rings is 1. The maximum atomic E-state index is 12.3. The molecule has 0 aliphatic heterocycles. The lowest BCUT2D eigenvalue weighted by molar-refractivity contribution is -0.113. The third-order valence-electron chi connectivity index (χ3n) is 4.11. The second kappa shape index (κ2) is 7.69. The molecule has 0 aliphatic rings. The molecule has 0 spiro atoms. The fraction of sp³-hybridized carbons (Fsp3) is 0.211. The zero-order chi connectivity index (χ0) is 19.7. The van der Waals surface area contributed by atoms with Gasteiger partial charge in [-0.2, -0.15) is 4.98 Å². The van der Waals surface area contributed by atoms with Crippen LogP contribution in [-0.2, 0) is 4.79 Å². The number of nitrogens with zero attached hydrogens (tertiary/aromatic N) is 5. The molecular weight excluding hydrogens is 392 g/mol. The predicted molar refractivity (Wildman–Crippen MR) is 112 cm³/mol. The van der Waals surface area contributed by atoms with Gasteiger partial charge in [0.05, 0.1) is 11.4 Å². The summed E-state index contributed by atoms with van der Waals surface area (Å²) in [4.78, 5) is 25.3. The molecule has 0 saturated carbocycles. The number of carbonyl (C=O) groups excluding carboxylic acids is 1. The highest BCUT2D eigenvalue weighted by Crippen LogP contribution is 2.31. The molecule has 0 saturated heterocycles. The zero-order valence-corrected chi connectivity index (χ0v) is 17.3. The SMILES string of the molecule is Cc1cc(C)c(-c2csc(NC(=O)CSc3nc4ncccn4n3)n2)c(C)c1. The van der Waals surface area contributed by atoms with Crippen molar-refractivity contribution in [2.75, 3.05) is 11.1 Å². The first kappa shape index (κ1) is 18.6. The first-order chi connectivity index (χ1) is 13.5. The first-order valence-corrected chi connectivity index (χ1v) is 10.5. The molecule has 9 heteroatoms. The third-order valence-corrected chi connectivity index (χ3v) is 5.71. The van der Waals surface area contributed by atoms with Crippen molar-refractivity contribution in [1.82, 2.24) is 24.6 Å². The van der Waals surface area contributed by atoms with E-state index in [1.807, 2.05) is 5.38 Å². The Morgan fingerprint density at radius 2 is 2.00 bits per heavy atom. The average Bonchev–Trinajstić information content (AvgIpc) is 3.25. The van der Waals surface area contributed by atoms with Crippen LogP contribution in [0.1, 0.15) is 16.7 Å². The largest absolute Gasteiger partial charge is 0.301 e. The van der Waals surface area contributed by atoms with Gasteiger partial charge in [-0.1, -0.05) is 29.5 Å². The molecular formula is C19H18N6OS2. The molecule has 1 aromatic carbocycles. The average molecular weight is 411 g/mol. The van der Waals surface area contributed by atoms with Crippen molar-refractivity contribution < 1.29 is 4.79 Å². The number of nitrogens with one attached hydrogen (secondary N) is 1. The van der Waals surface area contributed by atoms with E-state index in [-0.39, 0.29) is 11.7 Å². The number of fused-ring (bicyclic) bond motifs is 1. The number of thiazole rings is 1. The molecule has 0 unspecified atom stereocenters. The van der Waals surface area contributed by atoms with Gasteiger partial charge in [0.15, 0.2) is 5.13 Å². The Balaban J connectivity index is 1.41. The Kier molecular flexibility index (Phi) is 5.10. The summed E-state index contributed by atoms with van der Waals surface area (Å²) in [6.07, 6.45) is 3.42. The number of amides is 1. The molecule has 142 valence electrons. The highest BCUT2D eigenvalue weighted by molar-refractivity contribution is 7.99. The van der Waals surface area contributed by atoms with E-state index >= 15 is 0 Å². The molecule has 4 aromatic rings. The normalized spacial score (nSPS) is 11.1. The van der Waals surface area contributed by atoms with E-state index in [9.17, 15) is 4.79 Å². The maximum absolute atomic E-state index is 12.3. The van der Waals surface area contributed by atoms with Crippen molar-refractivity contribution in [3.8, 4) is 11.3 Å². The van der Waals surface area contributed by atoms with Crippen molar-refractivity contribution in [2.24, 2.45) is 0 Å². The predicted octanol–water partition coefficient (Wildman–Crippen LogP) is 3.90. The van der Waals surface area contributed by atoms with Gasteiger partial charge in [-0.25, -0.2) is 14.5 Å².